The number of carbonyl (C=O) groups excluding carboxylic acids is 1. The number of ether oxygens (including phenoxy) is 2. The van der Waals surface area contributed by atoms with Gasteiger partial charge in [0.05, 0.1) is 12.3 Å². The van der Waals surface area contributed by atoms with Gasteiger partial charge in [-0.05, 0) is 42.0 Å². The van der Waals surface area contributed by atoms with Gasteiger partial charge in [-0.3, -0.25) is 14.2 Å². The molecule has 1 aliphatic rings. The van der Waals surface area contributed by atoms with Crippen LogP contribution in [0.15, 0.2) is 87.2 Å². The van der Waals surface area contributed by atoms with Crippen LogP contribution in [0.5, 0.6) is 11.5 Å². The van der Waals surface area contributed by atoms with Crippen LogP contribution in [0.2, 0.25) is 0 Å². The molecule has 0 unspecified atom stereocenters. The highest BCUT2D eigenvalue weighted by Gasteiger charge is 2.20. The summed E-state index contributed by atoms with van der Waals surface area (Å²) in [5.74, 6) is 1.19. The molecule has 0 saturated carbocycles. The number of aromatic nitrogens is 2. The van der Waals surface area contributed by atoms with Gasteiger partial charge in [0.1, 0.15) is 11.1 Å². The van der Waals surface area contributed by atoms with Crippen molar-refractivity contribution in [3.05, 3.63) is 88.7 Å². The SMILES string of the molecule is O=C(CSc1nc2c(oc3ccccc32)c(=O)n1Cc1ccc2c(c1)OCO2)Nc1ccccc1. The van der Waals surface area contributed by atoms with Crippen molar-refractivity contribution in [2.24, 2.45) is 0 Å². The van der Waals surface area contributed by atoms with Crippen molar-refractivity contribution in [3.63, 3.8) is 0 Å². The van der Waals surface area contributed by atoms with Crippen LogP contribution in [-0.2, 0) is 11.3 Å². The molecule has 0 fully saturated rings. The van der Waals surface area contributed by atoms with Crippen LogP contribution in [0, 0.1) is 0 Å². The molecular weight excluding hydrogens is 466 g/mol. The van der Waals surface area contributed by atoms with Crippen LogP contribution >= 0.6 is 11.8 Å². The Morgan fingerprint density at radius 1 is 1.00 bits per heavy atom. The maximum absolute atomic E-state index is 13.6. The Labute approximate surface area is 203 Å². The Bertz CT molecular complexity index is 1630. The van der Waals surface area contributed by atoms with Crippen molar-refractivity contribution < 1.29 is 18.7 Å². The summed E-state index contributed by atoms with van der Waals surface area (Å²) in [6, 6.07) is 22.1. The molecule has 0 bridgehead atoms. The number of anilines is 1. The second-order valence-corrected chi connectivity index (χ2v) is 8.89. The second-order valence-electron chi connectivity index (χ2n) is 7.95. The summed E-state index contributed by atoms with van der Waals surface area (Å²) in [7, 11) is 0. The Hall–Kier alpha value is -4.24. The normalized spacial score (nSPS) is 12.3. The lowest BCUT2D eigenvalue weighted by molar-refractivity contribution is -0.113. The van der Waals surface area contributed by atoms with E-state index >= 15 is 0 Å². The lowest BCUT2D eigenvalue weighted by Crippen LogP contribution is -2.24. The van der Waals surface area contributed by atoms with Crippen LogP contribution in [0.4, 0.5) is 5.69 Å². The number of amides is 1. The van der Waals surface area contributed by atoms with Gasteiger partial charge in [-0.1, -0.05) is 48.2 Å². The number of hydrogen-bond acceptors (Lipinski definition) is 7. The first-order chi connectivity index (χ1) is 17.2. The molecule has 6 rings (SSSR count). The molecule has 0 aliphatic carbocycles. The van der Waals surface area contributed by atoms with Gasteiger partial charge in [0.15, 0.2) is 16.7 Å². The van der Waals surface area contributed by atoms with Gasteiger partial charge >= 0.3 is 0 Å². The molecule has 0 saturated heterocycles. The average molecular weight is 486 g/mol. The Balaban J connectivity index is 1.37. The van der Waals surface area contributed by atoms with Crippen molar-refractivity contribution in [2.45, 2.75) is 11.7 Å². The van der Waals surface area contributed by atoms with Gasteiger partial charge in [-0.15, -0.1) is 0 Å². The Kier molecular flexibility index (Phi) is 5.38. The van der Waals surface area contributed by atoms with Gasteiger partial charge in [-0.2, -0.15) is 0 Å². The molecule has 1 amide bonds. The summed E-state index contributed by atoms with van der Waals surface area (Å²) in [5.41, 5.74) is 2.49. The topological polar surface area (TPSA) is 95.6 Å². The Morgan fingerprint density at radius 3 is 2.69 bits per heavy atom. The third-order valence-corrected chi connectivity index (χ3v) is 6.59. The predicted octanol–water partition coefficient (Wildman–Crippen LogP) is 4.65. The fourth-order valence-electron chi connectivity index (χ4n) is 3.97. The number of thioether (sulfide) groups is 1. The number of nitrogens with one attached hydrogen (secondary N) is 1. The van der Waals surface area contributed by atoms with E-state index in [9.17, 15) is 9.59 Å². The van der Waals surface area contributed by atoms with Crippen molar-refractivity contribution in [2.75, 3.05) is 17.9 Å². The molecule has 174 valence electrons. The molecule has 2 aromatic heterocycles. The monoisotopic (exact) mass is 485 g/mol. The molecule has 3 aromatic carbocycles. The highest BCUT2D eigenvalue weighted by Crippen LogP contribution is 2.33. The minimum Gasteiger partial charge on any atom is -0.454 e. The van der Waals surface area contributed by atoms with E-state index in [1.54, 1.807) is 6.07 Å². The molecule has 35 heavy (non-hydrogen) atoms. The summed E-state index contributed by atoms with van der Waals surface area (Å²) >= 11 is 1.20. The number of fused-ring (bicyclic) bond motifs is 4. The van der Waals surface area contributed by atoms with E-state index in [0.717, 1.165) is 10.9 Å². The van der Waals surface area contributed by atoms with E-state index in [1.165, 1.54) is 16.3 Å². The zero-order valence-electron chi connectivity index (χ0n) is 18.4. The minimum atomic E-state index is -0.310. The van der Waals surface area contributed by atoms with Gasteiger partial charge < -0.3 is 19.2 Å². The largest absolute Gasteiger partial charge is 0.454 e. The van der Waals surface area contributed by atoms with E-state index < -0.39 is 0 Å². The molecule has 0 radical (unpaired) electrons. The van der Waals surface area contributed by atoms with Gasteiger partial charge in [-0.25, -0.2) is 4.98 Å². The minimum absolute atomic E-state index is 0.0871. The number of para-hydroxylation sites is 2. The first-order valence-corrected chi connectivity index (χ1v) is 11.9. The number of benzene rings is 3. The van der Waals surface area contributed by atoms with Gasteiger partial charge in [0, 0.05) is 11.1 Å². The third kappa shape index (κ3) is 4.10. The summed E-state index contributed by atoms with van der Waals surface area (Å²) in [6.45, 7) is 0.404. The number of nitrogens with zero attached hydrogens (tertiary/aromatic N) is 2. The quantitative estimate of drug-likeness (QED) is 0.276. The molecule has 9 heteroatoms. The highest BCUT2D eigenvalue weighted by atomic mass is 32.2. The fraction of sp³-hybridized carbons (Fsp3) is 0.115. The maximum Gasteiger partial charge on any atom is 0.298 e. The first kappa shape index (κ1) is 21.3. The van der Waals surface area contributed by atoms with Crippen molar-refractivity contribution in [1.82, 2.24) is 9.55 Å². The first-order valence-electron chi connectivity index (χ1n) is 10.9. The molecule has 0 atom stereocenters. The second kappa shape index (κ2) is 8.84. The van der Waals surface area contributed by atoms with Crippen molar-refractivity contribution in [3.8, 4) is 11.5 Å². The summed E-state index contributed by atoms with van der Waals surface area (Å²) in [4.78, 5) is 30.9. The number of rotatable bonds is 6. The summed E-state index contributed by atoms with van der Waals surface area (Å²) in [5, 5.41) is 4.04. The van der Waals surface area contributed by atoms with E-state index in [0.29, 0.717) is 33.4 Å². The third-order valence-electron chi connectivity index (χ3n) is 5.61. The summed E-state index contributed by atoms with van der Waals surface area (Å²) in [6.07, 6.45) is 0. The molecule has 3 heterocycles. The fourth-order valence-corrected chi connectivity index (χ4v) is 4.76. The number of furan rings is 1. The van der Waals surface area contributed by atoms with E-state index in [4.69, 9.17) is 18.9 Å². The molecule has 8 nitrogen and oxygen atoms in total. The van der Waals surface area contributed by atoms with Crippen LogP contribution in [0.25, 0.3) is 22.1 Å². The lowest BCUT2D eigenvalue weighted by atomic mass is 10.2. The zero-order chi connectivity index (χ0) is 23.8. The molecule has 5 aromatic rings. The van der Waals surface area contributed by atoms with Crippen molar-refractivity contribution >= 4 is 45.4 Å². The van der Waals surface area contributed by atoms with E-state index in [-0.39, 0.29) is 36.1 Å². The van der Waals surface area contributed by atoms with Crippen LogP contribution in [0.1, 0.15) is 5.56 Å². The molecular formula is C26H19N3O5S. The number of carbonyl (C=O) groups is 1. The zero-order valence-corrected chi connectivity index (χ0v) is 19.2. The van der Waals surface area contributed by atoms with Crippen LogP contribution < -0.4 is 20.3 Å². The molecule has 0 spiro atoms. The number of hydrogen-bond donors (Lipinski definition) is 1. The average Bonchev–Trinajstić information content (AvgIpc) is 3.50. The lowest BCUT2D eigenvalue weighted by Gasteiger charge is -2.12. The maximum atomic E-state index is 13.6. The molecule has 1 N–H and O–H groups in total. The van der Waals surface area contributed by atoms with Crippen LogP contribution in [0.3, 0.4) is 0 Å². The van der Waals surface area contributed by atoms with Crippen LogP contribution in [-0.4, -0.2) is 28.0 Å². The predicted molar refractivity (Wildman–Crippen MR) is 133 cm³/mol. The van der Waals surface area contributed by atoms with E-state index in [2.05, 4.69) is 5.32 Å². The smallest absolute Gasteiger partial charge is 0.298 e. The molecule has 1 aliphatic heterocycles. The summed E-state index contributed by atoms with van der Waals surface area (Å²) < 4.78 is 18.3. The standard InChI is InChI=1S/C26H19N3O5S/c30-22(27-17-6-2-1-3-7-17)14-35-26-28-23-18-8-4-5-9-19(18)34-24(23)25(31)29(26)13-16-10-11-20-21(12-16)33-15-32-20/h1-12H,13-15H2,(H,27,30). The van der Waals surface area contributed by atoms with E-state index in [1.807, 2.05) is 66.7 Å². The Morgan fingerprint density at radius 2 is 1.80 bits per heavy atom. The van der Waals surface area contributed by atoms with Crippen molar-refractivity contribution in [1.29, 1.82) is 0 Å². The van der Waals surface area contributed by atoms with Gasteiger partial charge in [0.25, 0.3) is 5.56 Å². The highest BCUT2D eigenvalue weighted by molar-refractivity contribution is 7.99. The van der Waals surface area contributed by atoms with Gasteiger partial charge in [0.2, 0.25) is 18.3 Å².